The van der Waals surface area contributed by atoms with Crippen LogP contribution in [0, 0.1) is 29.1 Å². The number of nitrogens with one attached hydrogen (secondary N) is 3. The van der Waals surface area contributed by atoms with Gasteiger partial charge in [0.05, 0.1) is 17.6 Å². The van der Waals surface area contributed by atoms with Gasteiger partial charge in [0.2, 0.25) is 0 Å². The Kier molecular flexibility index (Phi) is 13.0. The lowest BCUT2D eigenvalue weighted by molar-refractivity contribution is -0.152. The highest BCUT2D eigenvalue weighted by molar-refractivity contribution is 5.77. The molecule has 0 amide bonds. The third-order valence-corrected chi connectivity index (χ3v) is 10.4. The number of aliphatic hydroxyl groups is 4. The Bertz CT molecular complexity index is 1340. The number of nitrogens with two attached hydrogens (primary N) is 1. The van der Waals surface area contributed by atoms with Crippen molar-refractivity contribution in [3.8, 4) is 23.3 Å². The summed E-state index contributed by atoms with van der Waals surface area (Å²) in [6, 6.07) is 2.96. The Labute approximate surface area is 283 Å². The first-order valence-electron chi connectivity index (χ1n) is 17.1. The minimum Gasteiger partial charge on any atom is -0.504 e. The summed E-state index contributed by atoms with van der Waals surface area (Å²) < 4.78 is 12.4. The van der Waals surface area contributed by atoms with Gasteiger partial charge in [0.1, 0.15) is 12.2 Å². The molecular weight excluding hydrogens is 618 g/mol. The number of rotatable bonds is 7. The van der Waals surface area contributed by atoms with Gasteiger partial charge in [-0.25, -0.2) is 0 Å². The maximum absolute atomic E-state index is 12.5. The van der Waals surface area contributed by atoms with Gasteiger partial charge < -0.3 is 56.7 Å². The Morgan fingerprint density at radius 3 is 2.67 bits per heavy atom. The van der Waals surface area contributed by atoms with Crippen LogP contribution < -0.4 is 26.4 Å². The standard InChI is InChI=1S/C35H55N5O8/c1-21(41)34(19-39-33(36)38-4)11-7-23-6-5-10-35(20-37-3)18-26(9-13-40-35)48-31-15-24(28(32(45)46)17-29(31)44)14-27(23)30(47-22(2)42)16-25(43)8-12-34/h15,17,21,23,25-27,30,32,37,40-41,43-46H,5-6,8-10,12-14,16,18-20H2,1-4H3,(H3,36,38,39). The summed E-state index contributed by atoms with van der Waals surface area (Å²) in [5.41, 5.74) is 5.31. The lowest BCUT2D eigenvalue weighted by Crippen LogP contribution is -2.58. The highest BCUT2D eigenvalue weighted by atomic mass is 16.5. The number of fused-ring (bicyclic) bond motifs is 5. The molecule has 10 N–H and O–H groups in total. The van der Waals surface area contributed by atoms with Crippen molar-refractivity contribution in [1.82, 2.24) is 16.0 Å². The number of benzene rings is 1. The molecule has 1 saturated heterocycles. The molecule has 1 aromatic rings. The van der Waals surface area contributed by atoms with Crippen LogP contribution in [0.1, 0.15) is 82.6 Å². The number of nitrogens with zero attached hydrogens (tertiary/aromatic N) is 1. The molecule has 0 radical (unpaired) electrons. The third-order valence-electron chi connectivity index (χ3n) is 10.4. The molecule has 0 saturated carbocycles. The van der Waals surface area contributed by atoms with Gasteiger partial charge in [-0.05, 0) is 76.7 Å². The number of ether oxygens (including phenoxy) is 2. The minimum absolute atomic E-state index is 0.104. The molecule has 8 unspecified atom stereocenters. The second-order valence-corrected chi connectivity index (χ2v) is 13.9. The number of phenolic OH excluding ortho intramolecular Hbond substituents is 1. The first-order valence-corrected chi connectivity index (χ1v) is 17.1. The van der Waals surface area contributed by atoms with Crippen molar-refractivity contribution in [2.45, 2.75) is 108 Å². The summed E-state index contributed by atoms with van der Waals surface area (Å²) in [6.45, 7) is 4.63. The number of aliphatic hydroxyl groups excluding tert-OH is 3. The quantitative estimate of drug-likeness (QED) is 0.0647. The van der Waals surface area contributed by atoms with E-state index in [1.54, 1.807) is 20.0 Å². The van der Waals surface area contributed by atoms with Crippen LogP contribution in [0.2, 0.25) is 0 Å². The molecule has 4 rings (SSSR count). The van der Waals surface area contributed by atoms with Crippen LogP contribution >= 0.6 is 0 Å². The Balaban J connectivity index is 1.92. The summed E-state index contributed by atoms with van der Waals surface area (Å²) in [5.74, 6) is 5.77. The number of carbonyl (C=O) groups is 1. The molecule has 3 aliphatic rings. The monoisotopic (exact) mass is 673 g/mol. The Hall–Kier alpha value is -3.12. The van der Waals surface area contributed by atoms with Crippen molar-refractivity contribution >= 4 is 11.9 Å². The number of carbonyl (C=O) groups excluding carboxylic acids is 1. The summed E-state index contributed by atoms with van der Waals surface area (Å²) in [5, 5.41) is 64.4. The average Bonchev–Trinajstić information content (AvgIpc) is 3.03. The maximum Gasteiger partial charge on any atom is 0.302 e. The van der Waals surface area contributed by atoms with Crippen molar-refractivity contribution in [1.29, 1.82) is 0 Å². The van der Waals surface area contributed by atoms with Crippen molar-refractivity contribution in [2.75, 3.05) is 33.7 Å². The minimum atomic E-state index is -1.89. The first-order chi connectivity index (χ1) is 22.8. The van der Waals surface area contributed by atoms with Gasteiger partial charge in [-0.3, -0.25) is 9.79 Å². The van der Waals surface area contributed by atoms with Crippen molar-refractivity contribution in [3.05, 3.63) is 23.3 Å². The molecular formula is C35H55N5O8. The van der Waals surface area contributed by atoms with Gasteiger partial charge in [0.15, 0.2) is 23.7 Å². The van der Waals surface area contributed by atoms with Crippen molar-refractivity contribution in [3.63, 3.8) is 0 Å². The van der Waals surface area contributed by atoms with E-state index < -0.39 is 47.8 Å². The van der Waals surface area contributed by atoms with Crippen molar-refractivity contribution in [2.24, 2.45) is 28.0 Å². The van der Waals surface area contributed by atoms with Crippen LogP contribution in [-0.4, -0.2) is 101 Å². The molecule has 1 aromatic carbocycles. The molecule has 1 aliphatic carbocycles. The Morgan fingerprint density at radius 2 is 2.00 bits per heavy atom. The van der Waals surface area contributed by atoms with E-state index in [1.807, 2.05) is 7.05 Å². The van der Waals surface area contributed by atoms with E-state index in [1.165, 1.54) is 13.0 Å². The van der Waals surface area contributed by atoms with E-state index in [9.17, 15) is 30.3 Å². The van der Waals surface area contributed by atoms with Crippen LogP contribution in [-0.2, 0) is 16.0 Å². The molecule has 13 heteroatoms. The number of hydrogen-bond donors (Lipinski definition) is 9. The molecule has 268 valence electrons. The average molecular weight is 674 g/mol. The van der Waals surface area contributed by atoms with E-state index in [4.69, 9.17) is 15.2 Å². The topological polar surface area (TPSA) is 211 Å². The molecule has 0 spiro atoms. The zero-order valence-corrected chi connectivity index (χ0v) is 28.7. The molecule has 8 atom stereocenters. The van der Waals surface area contributed by atoms with Crippen LogP contribution in [0.3, 0.4) is 0 Å². The van der Waals surface area contributed by atoms with Crippen LogP contribution in [0.25, 0.3) is 0 Å². The number of piperidine rings is 1. The second-order valence-electron chi connectivity index (χ2n) is 13.9. The number of esters is 1. The lowest BCUT2D eigenvalue weighted by atomic mass is 9.72. The highest BCUT2D eigenvalue weighted by Gasteiger charge is 2.41. The first kappa shape index (κ1) is 37.7. The SMILES string of the molecule is CN=C(N)NCC1(C(C)O)C#CC2CCCC3(CNC)CC(CCN3)Oc3cc(c(C(O)O)cc3O)CC2C(OC(C)=O)CC(O)CC1. The predicted molar refractivity (Wildman–Crippen MR) is 181 cm³/mol. The fraction of sp³-hybridized carbons (Fsp3) is 0.714. The summed E-state index contributed by atoms with van der Waals surface area (Å²) in [4.78, 5) is 16.5. The summed E-state index contributed by atoms with van der Waals surface area (Å²) >= 11 is 0. The van der Waals surface area contributed by atoms with Crippen LogP contribution in [0.15, 0.2) is 17.1 Å². The zero-order chi connectivity index (χ0) is 35.1. The van der Waals surface area contributed by atoms with E-state index in [0.717, 1.165) is 25.8 Å². The van der Waals surface area contributed by atoms with Gasteiger partial charge in [-0.1, -0.05) is 18.3 Å². The smallest absolute Gasteiger partial charge is 0.302 e. The zero-order valence-electron chi connectivity index (χ0n) is 28.7. The van der Waals surface area contributed by atoms with E-state index >= 15 is 0 Å². The fourth-order valence-corrected chi connectivity index (χ4v) is 7.67. The molecule has 48 heavy (non-hydrogen) atoms. The normalized spacial score (nSPS) is 32.1. The molecule has 2 heterocycles. The molecule has 1 fully saturated rings. The van der Waals surface area contributed by atoms with E-state index in [2.05, 4.69) is 32.8 Å². The lowest BCUT2D eigenvalue weighted by Gasteiger charge is -2.42. The van der Waals surface area contributed by atoms with Gasteiger partial charge in [0, 0.05) is 62.8 Å². The fourth-order valence-electron chi connectivity index (χ4n) is 7.67. The molecule has 2 aliphatic heterocycles. The van der Waals surface area contributed by atoms with Gasteiger partial charge in [0.25, 0.3) is 0 Å². The molecule has 13 nitrogen and oxygen atoms in total. The van der Waals surface area contributed by atoms with Gasteiger partial charge in [-0.15, -0.1) is 0 Å². The second kappa shape index (κ2) is 16.5. The number of phenols is 1. The van der Waals surface area contributed by atoms with E-state index in [0.29, 0.717) is 31.4 Å². The van der Waals surface area contributed by atoms with Crippen LogP contribution in [0.4, 0.5) is 0 Å². The largest absolute Gasteiger partial charge is 0.504 e. The van der Waals surface area contributed by atoms with Gasteiger partial charge >= 0.3 is 5.97 Å². The molecule has 0 aromatic heterocycles. The predicted octanol–water partition coefficient (Wildman–Crippen LogP) is 0.804. The Morgan fingerprint density at radius 1 is 1.23 bits per heavy atom. The summed E-state index contributed by atoms with van der Waals surface area (Å²) in [6.07, 6.45) is -0.115. The molecule has 4 bridgehead atoms. The number of aliphatic imine (C=N–C) groups is 1. The van der Waals surface area contributed by atoms with Crippen molar-refractivity contribution < 1.29 is 39.8 Å². The number of hydrogen-bond acceptors (Lipinski definition) is 11. The summed E-state index contributed by atoms with van der Waals surface area (Å²) in [7, 11) is 3.48. The van der Waals surface area contributed by atoms with Crippen LogP contribution in [0.5, 0.6) is 11.5 Å². The van der Waals surface area contributed by atoms with E-state index in [-0.39, 0.29) is 60.5 Å². The number of guanidine groups is 1. The maximum atomic E-state index is 12.5. The third kappa shape index (κ3) is 9.31. The number of aromatic hydroxyl groups is 1. The highest BCUT2D eigenvalue weighted by Crippen LogP contribution is 2.41. The number of likely N-dealkylation sites (N-methyl/N-ethyl adjacent to an activating group) is 1. The van der Waals surface area contributed by atoms with Gasteiger partial charge in [-0.2, -0.15) is 0 Å².